The third kappa shape index (κ3) is 3.65. The van der Waals surface area contributed by atoms with E-state index in [0.29, 0.717) is 6.54 Å². The summed E-state index contributed by atoms with van der Waals surface area (Å²) in [5.41, 5.74) is 8.72. The average Bonchev–Trinajstić information content (AvgIpc) is 2.55. The highest BCUT2D eigenvalue weighted by molar-refractivity contribution is 5.76. The summed E-state index contributed by atoms with van der Waals surface area (Å²) in [4.78, 5) is 15.3. The van der Waals surface area contributed by atoms with Gasteiger partial charge in [0.1, 0.15) is 0 Å². The molecule has 120 valence electrons. The predicted molar refractivity (Wildman–Crippen MR) is 90.1 cm³/mol. The van der Waals surface area contributed by atoms with Gasteiger partial charge in [0.2, 0.25) is 5.91 Å². The van der Waals surface area contributed by atoms with Crippen molar-refractivity contribution in [3.8, 4) is 11.1 Å². The van der Waals surface area contributed by atoms with Crippen molar-refractivity contribution in [1.82, 2.24) is 15.1 Å². The fourth-order valence-corrected chi connectivity index (χ4v) is 2.91. The van der Waals surface area contributed by atoms with E-state index < -0.39 is 0 Å². The Labute approximate surface area is 135 Å². The topological polar surface area (TPSA) is 75.3 Å². The third-order valence-corrected chi connectivity index (χ3v) is 4.17. The summed E-state index contributed by atoms with van der Waals surface area (Å²) in [7, 11) is 0. The summed E-state index contributed by atoms with van der Waals surface area (Å²) in [5.74, 6) is 0.601. The number of hydrogen-bond acceptors (Lipinski definition) is 5. The van der Waals surface area contributed by atoms with Gasteiger partial charge in [0.25, 0.3) is 0 Å². The lowest BCUT2D eigenvalue weighted by Crippen LogP contribution is -2.49. The minimum Gasteiger partial charge on any atom is -0.369 e. The molecule has 23 heavy (non-hydrogen) atoms. The summed E-state index contributed by atoms with van der Waals surface area (Å²) < 4.78 is 0. The van der Waals surface area contributed by atoms with E-state index in [4.69, 9.17) is 5.73 Å². The van der Waals surface area contributed by atoms with Gasteiger partial charge < -0.3 is 10.6 Å². The van der Waals surface area contributed by atoms with Gasteiger partial charge in [-0.2, -0.15) is 5.10 Å². The van der Waals surface area contributed by atoms with E-state index in [1.807, 2.05) is 12.1 Å². The maximum Gasteiger partial charge on any atom is 0.231 e. The van der Waals surface area contributed by atoms with Gasteiger partial charge in [-0.25, -0.2) is 0 Å². The summed E-state index contributed by atoms with van der Waals surface area (Å²) in [6.45, 7) is 5.66. The summed E-state index contributed by atoms with van der Waals surface area (Å²) in [5, 5.41) is 8.44. The Morgan fingerprint density at radius 2 is 1.96 bits per heavy atom. The van der Waals surface area contributed by atoms with Crippen molar-refractivity contribution < 1.29 is 4.79 Å². The molecule has 0 saturated carbocycles. The number of benzene rings is 1. The van der Waals surface area contributed by atoms with Crippen LogP contribution >= 0.6 is 0 Å². The number of hydrogen-bond donors (Lipinski definition) is 1. The Balaban J connectivity index is 1.74. The van der Waals surface area contributed by atoms with Crippen molar-refractivity contribution in [3.05, 3.63) is 42.1 Å². The highest BCUT2D eigenvalue weighted by Gasteiger charge is 2.19. The standard InChI is InChI=1S/C17H21N5O/c1-13-4-2-3-5-15(13)14-10-17(20-19-11-14)22-8-6-21(7-9-22)12-16(18)23/h2-5,10-11H,6-9,12H2,1H3,(H2,18,23). The zero-order valence-electron chi connectivity index (χ0n) is 13.3. The largest absolute Gasteiger partial charge is 0.369 e. The van der Waals surface area contributed by atoms with Crippen LogP contribution in [0.4, 0.5) is 5.82 Å². The highest BCUT2D eigenvalue weighted by atomic mass is 16.1. The first-order chi connectivity index (χ1) is 11.1. The number of aryl methyl sites for hydroxylation is 1. The lowest BCUT2D eigenvalue weighted by atomic mass is 10.0. The molecule has 3 rings (SSSR count). The second-order valence-corrected chi connectivity index (χ2v) is 5.85. The fourth-order valence-electron chi connectivity index (χ4n) is 2.91. The molecule has 1 fully saturated rings. The van der Waals surface area contributed by atoms with Crippen LogP contribution in [0.25, 0.3) is 11.1 Å². The number of aromatic nitrogens is 2. The Kier molecular flexibility index (Phi) is 4.52. The maximum atomic E-state index is 11.0. The minimum absolute atomic E-state index is 0.278. The second kappa shape index (κ2) is 6.75. The van der Waals surface area contributed by atoms with E-state index in [0.717, 1.165) is 37.6 Å². The maximum absolute atomic E-state index is 11.0. The van der Waals surface area contributed by atoms with Gasteiger partial charge >= 0.3 is 0 Å². The van der Waals surface area contributed by atoms with Crippen molar-refractivity contribution in [1.29, 1.82) is 0 Å². The quantitative estimate of drug-likeness (QED) is 0.914. The number of anilines is 1. The van der Waals surface area contributed by atoms with Crippen molar-refractivity contribution in [2.45, 2.75) is 6.92 Å². The van der Waals surface area contributed by atoms with Crippen LogP contribution in [0.1, 0.15) is 5.56 Å². The van der Waals surface area contributed by atoms with E-state index in [1.54, 1.807) is 6.20 Å². The Morgan fingerprint density at radius 3 is 2.65 bits per heavy atom. The zero-order valence-corrected chi connectivity index (χ0v) is 13.3. The molecule has 1 aromatic heterocycles. The Bertz CT molecular complexity index is 695. The molecule has 0 unspecified atom stereocenters. The Hall–Kier alpha value is -2.47. The lowest BCUT2D eigenvalue weighted by Gasteiger charge is -2.34. The van der Waals surface area contributed by atoms with Gasteiger partial charge in [-0.05, 0) is 24.1 Å². The molecule has 1 aliphatic rings. The molecule has 1 aliphatic heterocycles. The van der Waals surface area contributed by atoms with E-state index in [9.17, 15) is 4.79 Å². The zero-order chi connectivity index (χ0) is 16.2. The number of carbonyl (C=O) groups excluding carboxylic acids is 1. The normalized spacial score (nSPS) is 15.6. The number of piperazine rings is 1. The molecule has 2 aromatic rings. The molecule has 1 saturated heterocycles. The molecule has 0 radical (unpaired) electrons. The number of amides is 1. The van der Waals surface area contributed by atoms with Crippen LogP contribution in [-0.2, 0) is 4.79 Å². The van der Waals surface area contributed by atoms with Crippen molar-refractivity contribution in [2.75, 3.05) is 37.6 Å². The van der Waals surface area contributed by atoms with Crippen molar-refractivity contribution in [3.63, 3.8) is 0 Å². The van der Waals surface area contributed by atoms with E-state index >= 15 is 0 Å². The molecular weight excluding hydrogens is 290 g/mol. The summed E-state index contributed by atoms with van der Waals surface area (Å²) in [6, 6.07) is 10.3. The monoisotopic (exact) mass is 311 g/mol. The van der Waals surface area contributed by atoms with Crippen molar-refractivity contribution in [2.24, 2.45) is 5.73 Å². The smallest absolute Gasteiger partial charge is 0.231 e. The van der Waals surface area contributed by atoms with Gasteiger partial charge in [0.05, 0.1) is 12.7 Å². The fraction of sp³-hybridized carbons (Fsp3) is 0.353. The van der Waals surface area contributed by atoms with Crippen LogP contribution in [0.5, 0.6) is 0 Å². The predicted octanol–water partition coefficient (Wildman–Crippen LogP) is 1.06. The van der Waals surface area contributed by atoms with Crippen LogP contribution in [0.2, 0.25) is 0 Å². The molecule has 6 nitrogen and oxygen atoms in total. The molecule has 0 atom stereocenters. The lowest BCUT2D eigenvalue weighted by molar-refractivity contribution is -0.119. The number of carbonyl (C=O) groups is 1. The van der Waals surface area contributed by atoms with Gasteiger partial charge in [0.15, 0.2) is 5.82 Å². The first kappa shape index (κ1) is 15.4. The van der Waals surface area contributed by atoms with Crippen LogP contribution in [-0.4, -0.2) is 53.7 Å². The van der Waals surface area contributed by atoms with Crippen LogP contribution in [0.3, 0.4) is 0 Å². The number of rotatable bonds is 4. The van der Waals surface area contributed by atoms with E-state index in [2.05, 4.69) is 45.1 Å². The molecule has 1 aromatic carbocycles. The first-order valence-corrected chi connectivity index (χ1v) is 7.78. The van der Waals surface area contributed by atoms with Gasteiger partial charge in [-0.15, -0.1) is 5.10 Å². The molecular formula is C17H21N5O. The first-order valence-electron chi connectivity index (χ1n) is 7.78. The third-order valence-electron chi connectivity index (χ3n) is 4.17. The number of primary amides is 1. The minimum atomic E-state index is -0.278. The van der Waals surface area contributed by atoms with Crippen LogP contribution < -0.4 is 10.6 Å². The van der Waals surface area contributed by atoms with E-state index in [1.165, 1.54) is 11.1 Å². The second-order valence-electron chi connectivity index (χ2n) is 5.85. The van der Waals surface area contributed by atoms with E-state index in [-0.39, 0.29) is 5.91 Å². The average molecular weight is 311 g/mol. The summed E-state index contributed by atoms with van der Waals surface area (Å²) >= 11 is 0. The molecule has 2 N–H and O–H groups in total. The number of nitrogens with zero attached hydrogens (tertiary/aromatic N) is 4. The molecule has 0 spiro atoms. The summed E-state index contributed by atoms with van der Waals surface area (Å²) in [6.07, 6.45) is 1.80. The molecule has 0 bridgehead atoms. The van der Waals surface area contributed by atoms with Gasteiger partial charge in [-0.3, -0.25) is 9.69 Å². The van der Waals surface area contributed by atoms with Crippen LogP contribution in [0.15, 0.2) is 36.5 Å². The Morgan fingerprint density at radius 1 is 1.22 bits per heavy atom. The van der Waals surface area contributed by atoms with Gasteiger partial charge in [-0.1, -0.05) is 24.3 Å². The van der Waals surface area contributed by atoms with Crippen LogP contribution in [0, 0.1) is 6.92 Å². The molecule has 0 aliphatic carbocycles. The molecule has 6 heteroatoms. The number of nitrogens with two attached hydrogens (primary N) is 1. The SMILES string of the molecule is Cc1ccccc1-c1cnnc(N2CCN(CC(N)=O)CC2)c1. The molecule has 1 amide bonds. The van der Waals surface area contributed by atoms with Crippen molar-refractivity contribution >= 4 is 11.7 Å². The highest BCUT2D eigenvalue weighted by Crippen LogP contribution is 2.25. The molecule has 2 heterocycles. The van der Waals surface area contributed by atoms with Gasteiger partial charge in [0, 0.05) is 31.7 Å².